The molecule has 3 heteroatoms. The van der Waals surface area contributed by atoms with Crippen LogP contribution < -0.4 is 35.3 Å². The van der Waals surface area contributed by atoms with E-state index in [0.717, 1.165) is 5.56 Å². The maximum atomic E-state index is 5.34. The van der Waals surface area contributed by atoms with Gasteiger partial charge in [-0.25, -0.2) is 0 Å². The van der Waals surface area contributed by atoms with Gasteiger partial charge >= 0.3 is 29.6 Å². The first kappa shape index (κ1) is 13.2. The quantitative estimate of drug-likeness (QED) is 0.385. The standard InChI is InChI=1S/C7H8N.Na.H2P/c8-6-7-4-2-1-3-5-7;;/h2-5H,6,8H2;;1H2/q;+1;-1. The Morgan fingerprint density at radius 1 is 1.30 bits per heavy atom. The number of hydrogen-bond donors (Lipinski definition) is 1. The molecule has 49 valence electrons. The maximum Gasteiger partial charge on any atom is 1.00 e. The summed E-state index contributed by atoms with van der Waals surface area (Å²) >= 11 is 0. The molecule has 0 spiro atoms. The SMILES string of the molecule is NCc1cc[c]cc1.[Na+].[PH2-]. The second-order valence-corrected chi connectivity index (χ2v) is 1.61. The van der Waals surface area contributed by atoms with Crippen LogP contribution in [-0.4, -0.2) is 0 Å². The van der Waals surface area contributed by atoms with Crippen molar-refractivity contribution in [3.63, 3.8) is 0 Å². The molecule has 1 nitrogen and oxygen atoms in total. The second-order valence-electron chi connectivity index (χ2n) is 1.61. The third-order valence-electron chi connectivity index (χ3n) is 1.02. The van der Waals surface area contributed by atoms with Crippen LogP contribution in [0.4, 0.5) is 0 Å². The van der Waals surface area contributed by atoms with Gasteiger partial charge in [0.25, 0.3) is 0 Å². The summed E-state index contributed by atoms with van der Waals surface area (Å²) in [7, 11) is 0. The maximum absolute atomic E-state index is 5.34. The van der Waals surface area contributed by atoms with Crippen molar-refractivity contribution in [3.8, 4) is 0 Å². The molecule has 0 aliphatic carbocycles. The van der Waals surface area contributed by atoms with Crippen LogP contribution in [0.15, 0.2) is 24.3 Å². The first-order chi connectivity index (χ1) is 3.93. The van der Waals surface area contributed by atoms with E-state index in [9.17, 15) is 0 Å². The zero-order chi connectivity index (χ0) is 5.82. The predicted molar refractivity (Wildman–Crippen MR) is 42.9 cm³/mol. The number of benzene rings is 1. The molecule has 0 saturated heterocycles. The largest absolute Gasteiger partial charge is 1.00 e. The van der Waals surface area contributed by atoms with E-state index in [0.29, 0.717) is 6.54 Å². The molecular weight excluding hydrogens is 152 g/mol. The summed E-state index contributed by atoms with van der Waals surface area (Å²) in [5, 5.41) is 0. The molecule has 0 heterocycles. The fourth-order valence-electron chi connectivity index (χ4n) is 0.557. The summed E-state index contributed by atoms with van der Waals surface area (Å²) in [4.78, 5) is 0. The average molecular weight is 162 g/mol. The molecule has 0 amide bonds. The first-order valence-corrected chi connectivity index (χ1v) is 2.58. The summed E-state index contributed by atoms with van der Waals surface area (Å²) in [6.07, 6.45) is 0. The summed E-state index contributed by atoms with van der Waals surface area (Å²) in [5.41, 5.74) is 6.49. The van der Waals surface area contributed by atoms with Gasteiger partial charge < -0.3 is 15.6 Å². The van der Waals surface area contributed by atoms with Crippen LogP contribution in [-0.2, 0) is 6.54 Å². The van der Waals surface area contributed by atoms with Crippen LogP contribution >= 0.6 is 9.90 Å². The van der Waals surface area contributed by atoms with Gasteiger partial charge in [0.2, 0.25) is 0 Å². The van der Waals surface area contributed by atoms with E-state index in [1.807, 2.05) is 24.3 Å². The molecule has 0 aliphatic rings. The zero-order valence-electron chi connectivity index (χ0n) is 6.17. The van der Waals surface area contributed by atoms with E-state index in [-0.39, 0.29) is 39.5 Å². The van der Waals surface area contributed by atoms with Crippen LogP contribution in [0.25, 0.3) is 0 Å². The minimum absolute atomic E-state index is 0. The van der Waals surface area contributed by atoms with Crippen molar-refractivity contribution < 1.29 is 29.6 Å². The predicted octanol–water partition coefficient (Wildman–Crippen LogP) is -1.72. The fraction of sp³-hybridized carbons (Fsp3) is 0.143. The molecule has 0 aliphatic heterocycles. The van der Waals surface area contributed by atoms with Gasteiger partial charge in [-0.2, -0.15) is 0 Å². The topological polar surface area (TPSA) is 26.0 Å². The Balaban J connectivity index is 0. The average Bonchev–Trinajstić information content (AvgIpc) is 1.90. The molecule has 2 N–H and O–H groups in total. The van der Waals surface area contributed by atoms with E-state index in [1.165, 1.54) is 0 Å². The Morgan fingerprint density at radius 2 is 1.80 bits per heavy atom. The van der Waals surface area contributed by atoms with Crippen molar-refractivity contribution in [1.29, 1.82) is 0 Å². The normalized spacial score (nSPS) is 7.30. The molecule has 0 aromatic heterocycles. The van der Waals surface area contributed by atoms with Crippen molar-refractivity contribution in [1.82, 2.24) is 0 Å². The van der Waals surface area contributed by atoms with Gasteiger partial charge in [-0.05, 0) is 11.6 Å². The molecular formula is C7H10NNaP. The van der Waals surface area contributed by atoms with E-state index in [1.54, 1.807) is 0 Å². The van der Waals surface area contributed by atoms with Gasteiger partial charge in [-0.1, -0.05) is 24.3 Å². The van der Waals surface area contributed by atoms with E-state index in [4.69, 9.17) is 5.73 Å². The van der Waals surface area contributed by atoms with Crippen LogP contribution in [0, 0.1) is 6.07 Å². The van der Waals surface area contributed by atoms with Crippen molar-refractivity contribution in [3.05, 3.63) is 35.9 Å². The number of hydrogen-bond acceptors (Lipinski definition) is 1. The Kier molecular flexibility index (Phi) is 10.2. The van der Waals surface area contributed by atoms with Gasteiger partial charge in [0.05, 0.1) is 0 Å². The molecule has 0 bridgehead atoms. The summed E-state index contributed by atoms with van der Waals surface area (Å²) in [5.74, 6) is 0. The van der Waals surface area contributed by atoms with Crippen molar-refractivity contribution >= 4 is 9.90 Å². The van der Waals surface area contributed by atoms with Crippen LogP contribution in [0.5, 0.6) is 0 Å². The van der Waals surface area contributed by atoms with Gasteiger partial charge in [0.1, 0.15) is 0 Å². The molecule has 0 saturated carbocycles. The minimum Gasteiger partial charge on any atom is -0.577 e. The fourth-order valence-corrected chi connectivity index (χ4v) is 0.557. The van der Waals surface area contributed by atoms with Gasteiger partial charge in [-0.3, -0.25) is 0 Å². The molecule has 1 radical (unpaired) electrons. The third-order valence-corrected chi connectivity index (χ3v) is 1.02. The monoisotopic (exact) mass is 162 g/mol. The molecule has 1 rings (SSSR count). The van der Waals surface area contributed by atoms with E-state index >= 15 is 0 Å². The summed E-state index contributed by atoms with van der Waals surface area (Å²) in [6.45, 7) is 0.620. The third kappa shape index (κ3) is 4.43. The Morgan fingerprint density at radius 3 is 2.10 bits per heavy atom. The first-order valence-electron chi connectivity index (χ1n) is 2.58. The number of rotatable bonds is 1. The van der Waals surface area contributed by atoms with E-state index < -0.39 is 0 Å². The smallest absolute Gasteiger partial charge is 0.577 e. The minimum atomic E-state index is 0. The van der Waals surface area contributed by atoms with Gasteiger partial charge in [-0.15, -0.1) is 0 Å². The van der Waals surface area contributed by atoms with Crippen molar-refractivity contribution in [2.24, 2.45) is 5.73 Å². The molecule has 1 aromatic carbocycles. The van der Waals surface area contributed by atoms with Gasteiger partial charge in [0, 0.05) is 6.54 Å². The van der Waals surface area contributed by atoms with Crippen LogP contribution in [0.2, 0.25) is 0 Å². The summed E-state index contributed by atoms with van der Waals surface area (Å²) < 4.78 is 0. The second kappa shape index (κ2) is 7.71. The van der Waals surface area contributed by atoms with E-state index in [2.05, 4.69) is 6.07 Å². The number of nitrogens with two attached hydrogens (primary N) is 1. The Hall–Kier alpha value is 0.610. The molecule has 0 unspecified atom stereocenters. The van der Waals surface area contributed by atoms with Crippen LogP contribution in [0.3, 0.4) is 0 Å². The zero-order valence-corrected chi connectivity index (χ0v) is 9.33. The van der Waals surface area contributed by atoms with Crippen molar-refractivity contribution in [2.45, 2.75) is 6.54 Å². The Bertz CT molecular complexity index is 155. The summed E-state index contributed by atoms with van der Waals surface area (Å²) in [6, 6.07) is 10.6. The van der Waals surface area contributed by atoms with Crippen molar-refractivity contribution in [2.75, 3.05) is 0 Å². The molecule has 10 heavy (non-hydrogen) atoms. The molecule has 0 fully saturated rings. The Labute approximate surface area is 87.3 Å². The molecule has 0 atom stereocenters. The van der Waals surface area contributed by atoms with Gasteiger partial charge in [0.15, 0.2) is 0 Å². The van der Waals surface area contributed by atoms with Crippen LogP contribution in [0.1, 0.15) is 5.56 Å². The molecule has 1 aromatic rings.